The summed E-state index contributed by atoms with van der Waals surface area (Å²) in [6, 6.07) is 5.80. The highest BCUT2D eigenvalue weighted by Crippen LogP contribution is 2.24. The van der Waals surface area contributed by atoms with Crippen molar-refractivity contribution in [3.05, 3.63) is 50.2 Å². The molecule has 2 aromatic heterocycles. The fourth-order valence-electron chi connectivity index (χ4n) is 4.03. The molecule has 4 rings (SSSR count). The molecule has 0 spiro atoms. The maximum Gasteiger partial charge on any atom is 0.332 e. The molecule has 0 aliphatic carbocycles. The fraction of sp³-hybridized carbons (Fsp3) is 0.500. The van der Waals surface area contributed by atoms with Crippen molar-refractivity contribution in [2.24, 2.45) is 14.1 Å². The Hall–Kier alpha value is -3.07. The molecule has 1 aliphatic heterocycles. The summed E-state index contributed by atoms with van der Waals surface area (Å²) < 4.78 is 9.98. The van der Waals surface area contributed by atoms with Crippen molar-refractivity contribution in [2.45, 2.75) is 39.3 Å². The molecule has 166 valence electrons. The molecule has 9 nitrogen and oxygen atoms in total. The first-order chi connectivity index (χ1) is 14.8. The zero-order chi connectivity index (χ0) is 22.3. The molecule has 1 N–H and O–H groups in total. The van der Waals surface area contributed by atoms with Gasteiger partial charge in [-0.25, -0.2) is 4.79 Å². The minimum atomic E-state index is -0.859. The van der Waals surface area contributed by atoms with Gasteiger partial charge in [0.15, 0.2) is 11.2 Å². The summed E-state index contributed by atoms with van der Waals surface area (Å²) in [5, 5.41) is 10.7. The highest BCUT2D eigenvalue weighted by molar-refractivity contribution is 5.74. The molecule has 0 radical (unpaired) electrons. The summed E-state index contributed by atoms with van der Waals surface area (Å²) in [7, 11) is 3.06. The Morgan fingerprint density at radius 1 is 1.10 bits per heavy atom. The van der Waals surface area contributed by atoms with Crippen LogP contribution < -0.4 is 20.9 Å². The average molecular weight is 428 g/mol. The second kappa shape index (κ2) is 8.22. The zero-order valence-electron chi connectivity index (χ0n) is 18.5. The van der Waals surface area contributed by atoms with Crippen LogP contribution in [0.15, 0.2) is 27.8 Å². The Labute approximate surface area is 180 Å². The number of nitrogens with zero attached hydrogens (tertiary/aromatic N) is 5. The summed E-state index contributed by atoms with van der Waals surface area (Å²) in [6.07, 6.45) is 1.22. The van der Waals surface area contributed by atoms with E-state index in [0.29, 0.717) is 22.9 Å². The Morgan fingerprint density at radius 3 is 2.48 bits per heavy atom. The number of aliphatic hydroxyl groups excluding tert-OH is 1. The van der Waals surface area contributed by atoms with Crippen molar-refractivity contribution in [3.63, 3.8) is 0 Å². The van der Waals surface area contributed by atoms with Gasteiger partial charge < -0.3 is 19.3 Å². The predicted molar refractivity (Wildman–Crippen MR) is 119 cm³/mol. The van der Waals surface area contributed by atoms with Gasteiger partial charge in [0.2, 0.25) is 5.95 Å². The van der Waals surface area contributed by atoms with Crippen molar-refractivity contribution >= 4 is 17.1 Å². The van der Waals surface area contributed by atoms with Gasteiger partial charge >= 0.3 is 5.69 Å². The van der Waals surface area contributed by atoms with Crippen molar-refractivity contribution in [1.29, 1.82) is 0 Å². The van der Waals surface area contributed by atoms with Gasteiger partial charge in [-0.05, 0) is 49.9 Å². The minimum Gasteiger partial charge on any atom is -0.491 e. The number of hydrogen-bond acceptors (Lipinski definition) is 6. The monoisotopic (exact) mass is 427 g/mol. The molecule has 0 bridgehead atoms. The lowest BCUT2D eigenvalue weighted by atomic mass is 10.1. The van der Waals surface area contributed by atoms with E-state index < -0.39 is 17.4 Å². The minimum absolute atomic E-state index is 0.0771. The van der Waals surface area contributed by atoms with Gasteiger partial charge in [-0.3, -0.25) is 13.9 Å². The van der Waals surface area contributed by atoms with Crippen LogP contribution in [0.2, 0.25) is 0 Å². The molecular formula is C22H29N5O4. The molecule has 3 aromatic rings. The van der Waals surface area contributed by atoms with Gasteiger partial charge in [0.25, 0.3) is 5.56 Å². The number of ether oxygens (including phenoxy) is 1. The van der Waals surface area contributed by atoms with Crippen LogP contribution in [0.3, 0.4) is 0 Å². The van der Waals surface area contributed by atoms with Gasteiger partial charge in [-0.15, -0.1) is 0 Å². The number of rotatable bonds is 6. The highest BCUT2D eigenvalue weighted by Gasteiger charge is 2.25. The highest BCUT2D eigenvalue weighted by atomic mass is 16.5. The Bertz CT molecular complexity index is 1230. The molecule has 0 amide bonds. The maximum atomic E-state index is 12.9. The number of aromatic nitrogens is 4. The normalized spacial score (nSPS) is 15.1. The second-order valence-electron chi connectivity index (χ2n) is 8.31. The van der Waals surface area contributed by atoms with Crippen molar-refractivity contribution in [2.75, 3.05) is 24.6 Å². The largest absolute Gasteiger partial charge is 0.491 e. The van der Waals surface area contributed by atoms with Crippen molar-refractivity contribution in [1.82, 2.24) is 18.7 Å². The van der Waals surface area contributed by atoms with Crippen molar-refractivity contribution < 1.29 is 9.84 Å². The number of benzene rings is 1. The first kappa shape index (κ1) is 21.2. The van der Waals surface area contributed by atoms with Crippen LogP contribution >= 0.6 is 0 Å². The van der Waals surface area contributed by atoms with Gasteiger partial charge in [-0.1, -0.05) is 6.07 Å². The summed E-state index contributed by atoms with van der Waals surface area (Å²) in [6.45, 7) is 5.92. The topological polar surface area (TPSA) is 94.5 Å². The standard InChI is InChI=1S/C22H29N5O4/c1-14-7-8-17(11-15(14)2)31-13-16(28)12-27-18-19(23-21(27)26-9-5-6-10-26)24(3)22(30)25(4)20(18)29/h7-8,11,16,28H,5-6,9-10,12-13H2,1-4H3. The van der Waals surface area contributed by atoms with E-state index in [9.17, 15) is 14.7 Å². The molecule has 1 unspecified atom stereocenters. The molecule has 9 heteroatoms. The molecular weight excluding hydrogens is 398 g/mol. The molecule has 3 heterocycles. The number of fused-ring (bicyclic) bond motifs is 1. The number of aryl methyl sites for hydroxylation is 3. The fourth-order valence-corrected chi connectivity index (χ4v) is 4.03. The molecule has 1 fully saturated rings. The van der Waals surface area contributed by atoms with Gasteiger partial charge in [0.05, 0.1) is 6.54 Å². The maximum absolute atomic E-state index is 12.9. The predicted octanol–water partition coefficient (Wildman–Crippen LogP) is 1.09. The van der Waals surface area contributed by atoms with Crippen LogP contribution in [-0.2, 0) is 20.6 Å². The first-order valence-electron chi connectivity index (χ1n) is 10.6. The quantitative estimate of drug-likeness (QED) is 0.633. The Balaban J connectivity index is 1.67. The second-order valence-corrected chi connectivity index (χ2v) is 8.31. The average Bonchev–Trinajstić information content (AvgIpc) is 3.40. The van der Waals surface area contributed by atoms with Crippen LogP contribution in [-0.4, -0.2) is 49.6 Å². The number of hydrogen-bond donors (Lipinski definition) is 1. The molecule has 31 heavy (non-hydrogen) atoms. The molecule has 0 saturated carbocycles. The zero-order valence-corrected chi connectivity index (χ0v) is 18.5. The van der Waals surface area contributed by atoms with Gasteiger partial charge in [0.1, 0.15) is 18.5 Å². The summed E-state index contributed by atoms with van der Waals surface area (Å²) in [5.41, 5.74) is 2.10. The van der Waals surface area contributed by atoms with Crippen LogP contribution in [0, 0.1) is 13.8 Å². The number of imidazole rings is 1. The first-order valence-corrected chi connectivity index (χ1v) is 10.6. The van der Waals surface area contributed by atoms with Gasteiger partial charge in [-0.2, -0.15) is 4.98 Å². The van der Waals surface area contributed by atoms with E-state index in [4.69, 9.17) is 4.74 Å². The van der Waals surface area contributed by atoms with Crippen LogP contribution in [0.25, 0.3) is 11.2 Å². The Kier molecular flexibility index (Phi) is 5.62. The molecule has 1 saturated heterocycles. The Morgan fingerprint density at radius 2 is 1.81 bits per heavy atom. The lowest BCUT2D eigenvalue weighted by Crippen LogP contribution is -2.38. The number of aliphatic hydroxyl groups is 1. The van der Waals surface area contributed by atoms with Crippen LogP contribution in [0.5, 0.6) is 5.75 Å². The third-order valence-electron chi connectivity index (χ3n) is 6.03. The van der Waals surface area contributed by atoms with Crippen molar-refractivity contribution in [3.8, 4) is 5.75 Å². The van der Waals surface area contributed by atoms with Crippen LogP contribution in [0.1, 0.15) is 24.0 Å². The third-order valence-corrected chi connectivity index (χ3v) is 6.03. The molecule has 1 aliphatic rings. The summed E-state index contributed by atoms with van der Waals surface area (Å²) in [5.74, 6) is 1.30. The van der Waals surface area contributed by atoms with Gasteiger partial charge in [0, 0.05) is 27.2 Å². The van der Waals surface area contributed by atoms with E-state index in [0.717, 1.165) is 36.1 Å². The third kappa shape index (κ3) is 3.85. The van der Waals surface area contributed by atoms with E-state index in [2.05, 4.69) is 9.88 Å². The summed E-state index contributed by atoms with van der Waals surface area (Å²) >= 11 is 0. The lowest BCUT2D eigenvalue weighted by Gasteiger charge is -2.20. The summed E-state index contributed by atoms with van der Waals surface area (Å²) in [4.78, 5) is 32.0. The van der Waals surface area contributed by atoms with E-state index in [1.165, 1.54) is 17.2 Å². The SMILES string of the molecule is Cc1ccc(OCC(O)Cn2c(N3CCCC3)nc3c2c(=O)n(C)c(=O)n3C)cc1C. The molecule has 1 aromatic carbocycles. The number of anilines is 1. The van der Waals surface area contributed by atoms with E-state index >= 15 is 0 Å². The molecule has 1 atom stereocenters. The van der Waals surface area contributed by atoms with E-state index in [1.54, 1.807) is 11.6 Å². The lowest BCUT2D eigenvalue weighted by molar-refractivity contribution is 0.0936. The smallest absolute Gasteiger partial charge is 0.332 e. The van der Waals surface area contributed by atoms with E-state index in [1.807, 2.05) is 32.0 Å². The van der Waals surface area contributed by atoms with E-state index in [-0.39, 0.29) is 13.2 Å². The van der Waals surface area contributed by atoms with Crippen LogP contribution in [0.4, 0.5) is 5.95 Å².